The van der Waals surface area contributed by atoms with E-state index in [0.29, 0.717) is 25.0 Å². The molecule has 0 bridgehead atoms. The molecule has 0 amide bonds. The summed E-state index contributed by atoms with van der Waals surface area (Å²) in [5, 5.41) is 0. The van der Waals surface area contributed by atoms with E-state index in [0.717, 1.165) is 25.8 Å². The van der Waals surface area contributed by atoms with Crippen molar-refractivity contribution in [3.05, 3.63) is 0 Å². The van der Waals surface area contributed by atoms with E-state index in [2.05, 4.69) is 4.90 Å². The average Bonchev–Trinajstić information content (AvgIpc) is 2.79. The van der Waals surface area contributed by atoms with Crippen molar-refractivity contribution in [3.8, 4) is 0 Å². The predicted molar refractivity (Wildman–Crippen MR) is 75.7 cm³/mol. The molecule has 0 N–H and O–H groups in total. The molecule has 116 valence electrons. The van der Waals surface area contributed by atoms with E-state index in [4.69, 9.17) is 4.74 Å². The van der Waals surface area contributed by atoms with Crippen molar-refractivity contribution in [1.82, 2.24) is 9.21 Å². The summed E-state index contributed by atoms with van der Waals surface area (Å²) in [4.78, 5) is 13.9. The van der Waals surface area contributed by atoms with Crippen LogP contribution in [0.2, 0.25) is 0 Å². The van der Waals surface area contributed by atoms with Crippen molar-refractivity contribution in [1.29, 1.82) is 0 Å². The first-order valence-electron chi connectivity index (χ1n) is 7.06. The van der Waals surface area contributed by atoms with Gasteiger partial charge in [0.05, 0.1) is 19.3 Å². The number of carbonyl (C=O) groups excluding carboxylic acids is 1. The number of hydrogen-bond acceptors (Lipinski definition) is 5. The Balaban J connectivity index is 1.93. The maximum atomic E-state index is 11.6. The molecule has 20 heavy (non-hydrogen) atoms. The van der Waals surface area contributed by atoms with Gasteiger partial charge in [-0.25, -0.2) is 12.7 Å². The minimum absolute atomic E-state index is 0.0389. The van der Waals surface area contributed by atoms with Gasteiger partial charge in [-0.2, -0.15) is 0 Å². The maximum Gasteiger partial charge on any atom is 0.310 e. The minimum atomic E-state index is -3.07. The Kier molecular flexibility index (Phi) is 4.71. The number of methoxy groups -OCH3 is 1. The van der Waals surface area contributed by atoms with Gasteiger partial charge >= 0.3 is 5.97 Å². The van der Waals surface area contributed by atoms with Crippen molar-refractivity contribution in [2.75, 3.05) is 40.0 Å². The van der Waals surface area contributed by atoms with Gasteiger partial charge in [-0.1, -0.05) is 0 Å². The van der Waals surface area contributed by atoms with Gasteiger partial charge in [0.2, 0.25) is 10.0 Å². The van der Waals surface area contributed by atoms with Crippen LogP contribution in [0.4, 0.5) is 0 Å². The molecular formula is C13H24N2O4S. The molecule has 7 heteroatoms. The molecule has 2 aliphatic heterocycles. The molecule has 2 aliphatic rings. The lowest BCUT2D eigenvalue weighted by molar-refractivity contribution is -0.144. The molecule has 0 spiro atoms. The summed E-state index contributed by atoms with van der Waals surface area (Å²) in [6.45, 7) is 1.93. The third kappa shape index (κ3) is 3.32. The highest BCUT2D eigenvalue weighted by Crippen LogP contribution is 2.33. The Labute approximate surface area is 121 Å². The molecule has 0 radical (unpaired) electrons. The quantitative estimate of drug-likeness (QED) is 0.695. The number of ether oxygens (including phenoxy) is 1. The molecule has 0 aliphatic carbocycles. The van der Waals surface area contributed by atoms with Crippen LogP contribution in [0.3, 0.4) is 0 Å². The van der Waals surface area contributed by atoms with E-state index >= 15 is 0 Å². The average molecular weight is 304 g/mol. The van der Waals surface area contributed by atoms with Crippen molar-refractivity contribution in [3.63, 3.8) is 0 Å². The van der Waals surface area contributed by atoms with Crippen molar-refractivity contribution in [2.24, 2.45) is 11.8 Å². The zero-order chi connectivity index (χ0) is 14.9. The van der Waals surface area contributed by atoms with Gasteiger partial charge in [0.25, 0.3) is 0 Å². The second kappa shape index (κ2) is 5.99. The molecule has 0 aromatic rings. The van der Waals surface area contributed by atoms with E-state index in [9.17, 15) is 13.2 Å². The molecule has 2 unspecified atom stereocenters. The minimum Gasteiger partial charge on any atom is -0.469 e. The van der Waals surface area contributed by atoms with Crippen LogP contribution in [0.15, 0.2) is 0 Å². The number of likely N-dealkylation sites (tertiary alicyclic amines) is 1. The number of sulfonamides is 1. The van der Waals surface area contributed by atoms with Gasteiger partial charge < -0.3 is 9.64 Å². The first-order chi connectivity index (χ1) is 9.32. The Hall–Kier alpha value is -0.660. The smallest absolute Gasteiger partial charge is 0.310 e. The largest absolute Gasteiger partial charge is 0.469 e. The molecule has 6 nitrogen and oxygen atoms in total. The molecule has 2 atom stereocenters. The molecule has 0 aromatic carbocycles. The van der Waals surface area contributed by atoms with Crippen LogP contribution in [0.1, 0.15) is 19.3 Å². The van der Waals surface area contributed by atoms with E-state index in [1.54, 1.807) is 4.31 Å². The van der Waals surface area contributed by atoms with E-state index in [1.807, 2.05) is 7.05 Å². The summed E-state index contributed by atoms with van der Waals surface area (Å²) in [5.41, 5.74) is 0. The Morgan fingerprint density at radius 2 is 1.85 bits per heavy atom. The van der Waals surface area contributed by atoms with Crippen LogP contribution in [0.25, 0.3) is 0 Å². The number of carbonyl (C=O) groups is 1. The van der Waals surface area contributed by atoms with E-state index in [1.165, 1.54) is 13.4 Å². The summed E-state index contributed by atoms with van der Waals surface area (Å²) in [7, 11) is 0.400. The van der Waals surface area contributed by atoms with Crippen LogP contribution in [-0.4, -0.2) is 69.7 Å². The summed E-state index contributed by atoms with van der Waals surface area (Å²) in [6.07, 6.45) is 3.83. The first-order valence-corrected chi connectivity index (χ1v) is 8.91. The highest BCUT2D eigenvalue weighted by Gasteiger charge is 2.40. The second-order valence-electron chi connectivity index (χ2n) is 5.96. The molecule has 2 heterocycles. The van der Waals surface area contributed by atoms with Crippen LogP contribution in [-0.2, 0) is 19.6 Å². The molecule has 2 saturated heterocycles. The lowest BCUT2D eigenvalue weighted by Gasteiger charge is -2.35. The van der Waals surface area contributed by atoms with E-state index in [-0.39, 0.29) is 11.9 Å². The number of rotatable bonds is 3. The fourth-order valence-corrected chi connectivity index (χ4v) is 4.39. The van der Waals surface area contributed by atoms with Gasteiger partial charge in [-0.05, 0) is 32.2 Å². The standard InChI is InChI=1S/C13H24N2O4S/c1-14-9-11(13(16)19-2)8-12(14)10-4-6-15(7-5-10)20(3,17)18/h10-12H,4-9H2,1-3H3. The molecule has 0 saturated carbocycles. The fourth-order valence-electron chi connectivity index (χ4n) is 3.51. The maximum absolute atomic E-state index is 11.6. The van der Waals surface area contributed by atoms with Crippen LogP contribution in [0, 0.1) is 11.8 Å². The summed E-state index contributed by atoms with van der Waals surface area (Å²) in [5.74, 6) is 0.295. The van der Waals surface area contributed by atoms with Crippen LogP contribution < -0.4 is 0 Å². The van der Waals surface area contributed by atoms with Crippen molar-refractivity contribution < 1.29 is 17.9 Å². The third-order valence-electron chi connectivity index (χ3n) is 4.65. The highest BCUT2D eigenvalue weighted by molar-refractivity contribution is 7.88. The Morgan fingerprint density at radius 1 is 1.25 bits per heavy atom. The van der Waals surface area contributed by atoms with Gasteiger partial charge in [0.15, 0.2) is 0 Å². The third-order valence-corrected chi connectivity index (χ3v) is 5.95. The monoisotopic (exact) mass is 304 g/mol. The first kappa shape index (κ1) is 15.7. The number of nitrogens with zero attached hydrogens (tertiary/aromatic N) is 2. The zero-order valence-electron chi connectivity index (χ0n) is 12.4. The number of hydrogen-bond donors (Lipinski definition) is 0. The number of piperidine rings is 1. The van der Waals surface area contributed by atoms with Crippen molar-refractivity contribution >= 4 is 16.0 Å². The topological polar surface area (TPSA) is 66.9 Å². The normalized spacial score (nSPS) is 30.6. The van der Waals surface area contributed by atoms with Gasteiger partial charge in [-0.3, -0.25) is 4.79 Å². The second-order valence-corrected chi connectivity index (χ2v) is 7.94. The lowest BCUT2D eigenvalue weighted by atomic mass is 9.87. The highest BCUT2D eigenvalue weighted by atomic mass is 32.2. The SMILES string of the molecule is COC(=O)C1CC(C2CCN(S(C)(=O)=O)CC2)N(C)C1. The molecule has 2 rings (SSSR count). The van der Waals surface area contributed by atoms with Crippen LogP contribution in [0.5, 0.6) is 0 Å². The van der Waals surface area contributed by atoms with Crippen LogP contribution >= 0.6 is 0 Å². The summed E-state index contributed by atoms with van der Waals surface area (Å²) in [6, 6.07) is 0.362. The van der Waals surface area contributed by atoms with Gasteiger partial charge in [-0.15, -0.1) is 0 Å². The van der Waals surface area contributed by atoms with E-state index < -0.39 is 10.0 Å². The zero-order valence-corrected chi connectivity index (χ0v) is 13.2. The summed E-state index contributed by atoms with van der Waals surface area (Å²) >= 11 is 0. The Morgan fingerprint density at radius 3 is 2.35 bits per heavy atom. The molecule has 2 fully saturated rings. The van der Waals surface area contributed by atoms with Crippen molar-refractivity contribution in [2.45, 2.75) is 25.3 Å². The van der Waals surface area contributed by atoms with Gasteiger partial charge in [0.1, 0.15) is 0 Å². The summed E-state index contributed by atoms with van der Waals surface area (Å²) < 4.78 is 29.4. The molecular weight excluding hydrogens is 280 g/mol. The van der Waals surface area contributed by atoms with Gasteiger partial charge in [0, 0.05) is 25.7 Å². The predicted octanol–water partition coefficient (Wildman–Crippen LogP) is 0.151. The molecule has 0 aromatic heterocycles. The lowest BCUT2D eigenvalue weighted by Crippen LogP contribution is -2.43. The Bertz CT molecular complexity index is 457. The number of esters is 1. The fraction of sp³-hybridized carbons (Fsp3) is 0.923.